The summed E-state index contributed by atoms with van der Waals surface area (Å²) >= 11 is 0. The number of nitrogens with two attached hydrogens (primary N) is 1. The Morgan fingerprint density at radius 2 is 2.15 bits per heavy atom. The number of benzene rings is 1. The summed E-state index contributed by atoms with van der Waals surface area (Å²) in [5.41, 5.74) is 1.03. The molecule has 110 valence electrons. The van der Waals surface area contributed by atoms with E-state index in [2.05, 4.69) is 4.90 Å². The van der Waals surface area contributed by atoms with Gasteiger partial charge in [0.05, 0.1) is 18.7 Å². The molecule has 2 rings (SSSR count). The minimum absolute atomic E-state index is 0.00127. The molecule has 20 heavy (non-hydrogen) atoms. The zero-order valence-electron chi connectivity index (χ0n) is 11.5. The van der Waals surface area contributed by atoms with Gasteiger partial charge in [-0.2, -0.15) is 0 Å². The minimum Gasteiger partial charge on any atom is -0.464 e. The highest BCUT2D eigenvalue weighted by Gasteiger charge is 2.39. The number of hydrogen-bond donors (Lipinski definition) is 3. The molecule has 0 aromatic heterocycles. The molecule has 1 saturated heterocycles. The van der Waals surface area contributed by atoms with Crippen LogP contribution in [0.3, 0.4) is 0 Å². The van der Waals surface area contributed by atoms with Crippen molar-refractivity contribution in [1.82, 2.24) is 9.91 Å². The molecule has 1 amide bonds. The SMILES string of the molecule is CC1[C@H](N(N)C(=O)O)CCN1[C@H](CO)c1ccccc1. The third-order valence-corrected chi connectivity index (χ3v) is 4.10. The normalized spacial score (nSPS) is 24.6. The maximum absolute atomic E-state index is 11.0. The molecule has 1 aliphatic heterocycles. The molecule has 6 nitrogen and oxygen atoms in total. The number of hydrogen-bond acceptors (Lipinski definition) is 4. The topological polar surface area (TPSA) is 90.0 Å². The monoisotopic (exact) mass is 279 g/mol. The zero-order chi connectivity index (χ0) is 14.7. The second kappa shape index (κ2) is 6.21. The van der Waals surface area contributed by atoms with Crippen molar-refractivity contribution in [2.24, 2.45) is 5.84 Å². The fraction of sp³-hybridized carbons (Fsp3) is 0.500. The number of amides is 1. The molecule has 0 radical (unpaired) electrons. The molecule has 3 atom stereocenters. The molecule has 1 unspecified atom stereocenters. The Morgan fingerprint density at radius 3 is 2.70 bits per heavy atom. The molecule has 1 fully saturated rings. The number of carbonyl (C=O) groups is 1. The van der Waals surface area contributed by atoms with E-state index in [0.717, 1.165) is 10.6 Å². The van der Waals surface area contributed by atoms with Gasteiger partial charge in [0.2, 0.25) is 0 Å². The average Bonchev–Trinajstić information content (AvgIpc) is 2.82. The Balaban J connectivity index is 2.15. The predicted molar refractivity (Wildman–Crippen MR) is 74.9 cm³/mol. The van der Waals surface area contributed by atoms with Crippen molar-refractivity contribution in [2.45, 2.75) is 31.5 Å². The minimum atomic E-state index is -1.12. The molecule has 0 aliphatic carbocycles. The fourth-order valence-corrected chi connectivity index (χ4v) is 2.98. The van der Waals surface area contributed by atoms with Gasteiger partial charge in [-0.1, -0.05) is 30.3 Å². The molecule has 1 aliphatic rings. The summed E-state index contributed by atoms with van der Waals surface area (Å²) in [7, 11) is 0. The van der Waals surface area contributed by atoms with E-state index in [-0.39, 0.29) is 24.7 Å². The van der Waals surface area contributed by atoms with Gasteiger partial charge in [-0.25, -0.2) is 15.6 Å². The van der Waals surface area contributed by atoms with Gasteiger partial charge >= 0.3 is 6.09 Å². The van der Waals surface area contributed by atoms with Crippen LogP contribution in [0.25, 0.3) is 0 Å². The van der Waals surface area contributed by atoms with Gasteiger partial charge < -0.3 is 10.2 Å². The Hall–Kier alpha value is -1.63. The van der Waals surface area contributed by atoms with E-state index in [1.807, 2.05) is 37.3 Å². The van der Waals surface area contributed by atoms with Crippen LogP contribution >= 0.6 is 0 Å². The molecule has 6 heteroatoms. The van der Waals surface area contributed by atoms with Crippen LogP contribution in [0.4, 0.5) is 4.79 Å². The van der Waals surface area contributed by atoms with Crippen LogP contribution in [-0.4, -0.2) is 51.5 Å². The van der Waals surface area contributed by atoms with Crippen LogP contribution in [-0.2, 0) is 0 Å². The summed E-state index contributed by atoms with van der Waals surface area (Å²) in [6.07, 6.45) is -0.447. The van der Waals surface area contributed by atoms with E-state index in [4.69, 9.17) is 10.9 Å². The smallest absolute Gasteiger partial charge is 0.421 e. The van der Waals surface area contributed by atoms with Crippen molar-refractivity contribution in [1.29, 1.82) is 0 Å². The Bertz CT molecular complexity index is 454. The molecule has 4 N–H and O–H groups in total. The highest BCUT2D eigenvalue weighted by atomic mass is 16.4. The second-order valence-electron chi connectivity index (χ2n) is 5.13. The molecule has 1 aromatic carbocycles. The van der Waals surface area contributed by atoms with Crippen LogP contribution in [0.15, 0.2) is 30.3 Å². The zero-order valence-corrected chi connectivity index (χ0v) is 11.5. The highest BCUT2D eigenvalue weighted by Crippen LogP contribution is 2.30. The Morgan fingerprint density at radius 1 is 1.50 bits per heavy atom. The number of likely N-dealkylation sites (tertiary alicyclic amines) is 1. The van der Waals surface area contributed by atoms with E-state index in [0.29, 0.717) is 13.0 Å². The summed E-state index contributed by atoms with van der Waals surface area (Å²) in [5.74, 6) is 5.60. The lowest BCUT2D eigenvalue weighted by atomic mass is 10.0. The first-order chi connectivity index (χ1) is 9.56. The average molecular weight is 279 g/mol. The van der Waals surface area contributed by atoms with E-state index in [9.17, 15) is 9.90 Å². The highest BCUT2D eigenvalue weighted by molar-refractivity contribution is 5.64. The number of carboxylic acid groups (broad SMARTS) is 1. The second-order valence-corrected chi connectivity index (χ2v) is 5.13. The van der Waals surface area contributed by atoms with Crippen LogP contribution in [0, 0.1) is 0 Å². The summed E-state index contributed by atoms with van der Waals surface area (Å²) in [6.45, 7) is 2.66. The van der Waals surface area contributed by atoms with Gasteiger partial charge in [-0.3, -0.25) is 4.90 Å². The van der Waals surface area contributed by atoms with Gasteiger partial charge in [0.25, 0.3) is 0 Å². The molecule has 0 bridgehead atoms. The fourth-order valence-electron chi connectivity index (χ4n) is 2.98. The van der Waals surface area contributed by atoms with Gasteiger partial charge in [0.1, 0.15) is 0 Å². The molecule has 1 aromatic rings. The summed E-state index contributed by atoms with van der Waals surface area (Å²) in [5, 5.41) is 19.6. The lowest BCUT2D eigenvalue weighted by Gasteiger charge is -2.33. The van der Waals surface area contributed by atoms with Crippen molar-refractivity contribution >= 4 is 6.09 Å². The van der Waals surface area contributed by atoms with Gasteiger partial charge in [-0.15, -0.1) is 0 Å². The standard InChI is InChI=1S/C14H21N3O3/c1-10-12(17(15)14(19)20)7-8-16(10)13(9-18)11-5-3-2-4-6-11/h2-6,10,12-13,18H,7-9,15H2,1H3,(H,19,20)/t10?,12-,13-/m1/s1. The van der Waals surface area contributed by atoms with Crippen molar-refractivity contribution in [3.63, 3.8) is 0 Å². The van der Waals surface area contributed by atoms with E-state index >= 15 is 0 Å². The van der Waals surface area contributed by atoms with E-state index < -0.39 is 6.09 Å². The van der Waals surface area contributed by atoms with Crippen molar-refractivity contribution in [3.8, 4) is 0 Å². The molecule has 1 heterocycles. The summed E-state index contributed by atoms with van der Waals surface area (Å²) < 4.78 is 0. The van der Waals surface area contributed by atoms with Gasteiger partial charge in [0, 0.05) is 12.6 Å². The van der Waals surface area contributed by atoms with Crippen LogP contribution in [0.2, 0.25) is 0 Å². The maximum Gasteiger partial charge on any atom is 0.421 e. The molecular formula is C14H21N3O3. The number of aliphatic hydroxyl groups is 1. The summed E-state index contributed by atoms with van der Waals surface area (Å²) in [6, 6.07) is 9.33. The first-order valence-corrected chi connectivity index (χ1v) is 6.74. The van der Waals surface area contributed by atoms with Gasteiger partial charge in [-0.05, 0) is 18.9 Å². The number of rotatable bonds is 4. The van der Waals surface area contributed by atoms with Crippen LogP contribution in [0.1, 0.15) is 24.9 Å². The lowest BCUT2D eigenvalue weighted by molar-refractivity contribution is 0.0829. The molecule has 0 saturated carbocycles. The predicted octanol–water partition coefficient (Wildman–Crippen LogP) is 1.04. The Labute approximate surface area is 118 Å². The van der Waals surface area contributed by atoms with Gasteiger partial charge in [0.15, 0.2) is 0 Å². The number of aliphatic hydroxyl groups excluding tert-OH is 1. The lowest BCUT2D eigenvalue weighted by Crippen LogP contribution is -2.50. The van der Waals surface area contributed by atoms with Crippen molar-refractivity contribution in [2.75, 3.05) is 13.2 Å². The van der Waals surface area contributed by atoms with Crippen molar-refractivity contribution in [3.05, 3.63) is 35.9 Å². The maximum atomic E-state index is 11.0. The quantitative estimate of drug-likeness (QED) is 0.435. The van der Waals surface area contributed by atoms with E-state index in [1.165, 1.54) is 0 Å². The van der Waals surface area contributed by atoms with Crippen LogP contribution in [0.5, 0.6) is 0 Å². The Kier molecular flexibility index (Phi) is 4.59. The number of hydrazine groups is 1. The largest absolute Gasteiger partial charge is 0.464 e. The summed E-state index contributed by atoms with van der Waals surface area (Å²) in [4.78, 5) is 13.1. The van der Waals surface area contributed by atoms with Crippen molar-refractivity contribution < 1.29 is 15.0 Å². The van der Waals surface area contributed by atoms with Crippen LogP contribution < -0.4 is 5.84 Å². The third kappa shape index (κ3) is 2.77. The first kappa shape index (κ1) is 14.8. The molecular weight excluding hydrogens is 258 g/mol. The third-order valence-electron chi connectivity index (χ3n) is 4.10. The van der Waals surface area contributed by atoms with E-state index in [1.54, 1.807) is 0 Å². The number of nitrogens with zero attached hydrogens (tertiary/aromatic N) is 2. The first-order valence-electron chi connectivity index (χ1n) is 6.74. The molecule has 0 spiro atoms.